The Hall–Kier alpha value is -1.28. The van der Waals surface area contributed by atoms with Gasteiger partial charge in [-0.15, -0.1) is 0 Å². The highest BCUT2D eigenvalue weighted by Gasteiger charge is 2.21. The maximum Gasteiger partial charge on any atom is 0.131 e. The minimum absolute atomic E-state index is 0.0277. The van der Waals surface area contributed by atoms with Crippen LogP contribution in [0.1, 0.15) is 17.2 Å². The molecule has 62 valence electrons. The second-order valence-electron chi connectivity index (χ2n) is 2.89. The molecule has 0 spiro atoms. The molecule has 1 heterocycles. The van der Waals surface area contributed by atoms with Gasteiger partial charge in [-0.05, 0) is 0 Å². The van der Waals surface area contributed by atoms with Crippen LogP contribution >= 0.6 is 0 Å². The van der Waals surface area contributed by atoms with Gasteiger partial charge in [0.1, 0.15) is 12.4 Å². The first-order valence-corrected chi connectivity index (χ1v) is 3.96. The first kappa shape index (κ1) is 7.37. The van der Waals surface area contributed by atoms with Crippen molar-refractivity contribution in [3.8, 4) is 5.75 Å². The van der Waals surface area contributed by atoms with Crippen LogP contribution in [0, 0.1) is 0 Å². The molecule has 0 aliphatic carbocycles. The summed E-state index contributed by atoms with van der Waals surface area (Å²) in [6, 6.07) is 5.98. The molecular formula is C10H11NO. The fourth-order valence-electron chi connectivity index (χ4n) is 1.46. The van der Waals surface area contributed by atoms with E-state index in [-0.39, 0.29) is 6.04 Å². The van der Waals surface area contributed by atoms with E-state index in [9.17, 15) is 0 Å². The number of ether oxygens (including phenoxy) is 1. The summed E-state index contributed by atoms with van der Waals surface area (Å²) >= 11 is 0. The molecule has 2 N–H and O–H groups in total. The second-order valence-corrected chi connectivity index (χ2v) is 2.89. The molecule has 0 aromatic heterocycles. The van der Waals surface area contributed by atoms with E-state index in [2.05, 4.69) is 6.58 Å². The molecule has 12 heavy (non-hydrogen) atoms. The highest BCUT2D eigenvalue weighted by Crippen LogP contribution is 2.34. The Morgan fingerprint density at radius 1 is 1.58 bits per heavy atom. The quantitative estimate of drug-likeness (QED) is 0.680. The number of hydrogen-bond acceptors (Lipinski definition) is 2. The van der Waals surface area contributed by atoms with Crippen LogP contribution in [0.15, 0.2) is 24.8 Å². The average Bonchev–Trinajstić information content (AvgIpc) is 2.48. The average molecular weight is 161 g/mol. The zero-order valence-corrected chi connectivity index (χ0v) is 6.79. The lowest BCUT2D eigenvalue weighted by Gasteiger charge is -2.02. The molecule has 1 aliphatic rings. The van der Waals surface area contributed by atoms with Crippen molar-refractivity contribution in [3.63, 3.8) is 0 Å². The lowest BCUT2D eigenvalue weighted by atomic mass is 10.1. The lowest BCUT2D eigenvalue weighted by molar-refractivity contribution is 0.333. The standard InChI is InChI=1S/C10H11NO/c1-2-7-4-3-5-8-9(11)6-12-10(7)8/h2-5,9H,1,6,11H2/t9-/m0/s1. The number of rotatable bonds is 1. The summed E-state index contributed by atoms with van der Waals surface area (Å²) in [5.41, 5.74) is 7.93. The van der Waals surface area contributed by atoms with Crippen molar-refractivity contribution in [1.29, 1.82) is 0 Å². The third kappa shape index (κ3) is 0.924. The van der Waals surface area contributed by atoms with Crippen LogP contribution in [0.2, 0.25) is 0 Å². The molecule has 0 saturated carbocycles. The van der Waals surface area contributed by atoms with E-state index in [0.717, 1.165) is 16.9 Å². The Labute approximate surface area is 71.6 Å². The minimum Gasteiger partial charge on any atom is -0.491 e. The molecule has 0 amide bonds. The summed E-state index contributed by atoms with van der Waals surface area (Å²) in [7, 11) is 0. The van der Waals surface area contributed by atoms with Gasteiger partial charge >= 0.3 is 0 Å². The van der Waals surface area contributed by atoms with Crippen LogP contribution in [0.4, 0.5) is 0 Å². The topological polar surface area (TPSA) is 35.2 Å². The number of hydrogen-bond donors (Lipinski definition) is 1. The third-order valence-electron chi connectivity index (χ3n) is 2.10. The molecule has 1 atom stereocenters. The fourth-order valence-corrected chi connectivity index (χ4v) is 1.46. The lowest BCUT2D eigenvalue weighted by Crippen LogP contribution is -2.10. The van der Waals surface area contributed by atoms with Crippen LogP contribution in [-0.2, 0) is 0 Å². The maximum atomic E-state index is 5.81. The molecule has 0 saturated heterocycles. The number of fused-ring (bicyclic) bond motifs is 1. The van der Waals surface area contributed by atoms with Gasteiger partial charge in [-0.3, -0.25) is 0 Å². The summed E-state index contributed by atoms with van der Waals surface area (Å²) < 4.78 is 5.44. The molecule has 2 heteroatoms. The van der Waals surface area contributed by atoms with Gasteiger partial charge in [0, 0.05) is 11.1 Å². The summed E-state index contributed by atoms with van der Waals surface area (Å²) in [6.45, 7) is 4.30. The molecule has 2 rings (SSSR count). The third-order valence-corrected chi connectivity index (χ3v) is 2.10. The number of benzene rings is 1. The Bertz CT molecular complexity index is 320. The minimum atomic E-state index is 0.0277. The summed E-state index contributed by atoms with van der Waals surface area (Å²) in [5, 5.41) is 0. The van der Waals surface area contributed by atoms with Crippen LogP contribution < -0.4 is 10.5 Å². The first-order valence-electron chi connectivity index (χ1n) is 3.96. The van der Waals surface area contributed by atoms with Gasteiger partial charge in [0.2, 0.25) is 0 Å². The SMILES string of the molecule is C=Cc1cccc2c1OC[C@@H]2N. The van der Waals surface area contributed by atoms with Crippen molar-refractivity contribution in [1.82, 2.24) is 0 Å². The van der Waals surface area contributed by atoms with Crippen molar-refractivity contribution in [2.75, 3.05) is 6.61 Å². The second kappa shape index (κ2) is 2.64. The largest absolute Gasteiger partial charge is 0.491 e. The van der Waals surface area contributed by atoms with Crippen molar-refractivity contribution in [2.24, 2.45) is 5.73 Å². The Balaban J connectivity index is 2.57. The van der Waals surface area contributed by atoms with Gasteiger partial charge < -0.3 is 10.5 Å². The summed E-state index contributed by atoms with van der Waals surface area (Å²) in [6.07, 6.45) is 1.79. The molecule has 0 fully saturated rings. The highest BCUT2D eigenvalue weighted by atomic mass is 16.5. The van der Waals surface area contributed by atoms with E-state index in [0.29, 0.717) is 6.61 Å². The number of nitrogens with two attached hydrogens (primary N) is 1. The predicted molar refractivity (Wildman–Crippen MR) is 49.0 cm³/mol. The molecule has 0 unspecified atom stereocenters. The van der Waals surface area contributed by atoms with Crippen molar-refractivity contribution in [2.45, 2.75) is 6.04 Å². The smallest absolute Gasteiger partial charge is 0.131 e. The summed E-state index contributed by atoms with van der Waals surface area (Å²) in [5.74, 6) is 0.903. The van der Waals surface area contributed by atoms with Crippen molar-refractivity contribution >= 4 is 6.08 Å². The Morgan fingerprint density at radius 3 is 3.17 bits per heavy atom. The monoisotopic (exact) mass is 161 g/mol. The molecule has 0 radical (unpaired) electrons. The molecule has 1 aliphatic heterocycles. The van der Waals surface area contributed by atoms with Gasteiger partial charge in [-0.25, -0.2) is 0 Å². The van der Waals surface area contributed by atoms with Crippen LogP contribution in [0.5, 0.6) is 5.75 Å². The van der Waals surface area contributed by atoms with Crippen LogP contribution in [0.3, 0.4) is 0 Å². The molecular weight excluding hydrogens is 150 g/mol. The van der Waals surface area contributed by atoms with E-state index in [4.69, 9.17) is 10.5 Å². The normalized spacial score (nSPS) is 19.9. The van der Waals surface area contributed by atoms with E-state index < -0.39 is 0 Å². The zero-order chi connectivity index (χ0) is 8.55. The van der Waals surface area contributed by atoms with E-state index >= 15 is 0 Å². The van der Waals surface area contributed by atoms with Crippen molar-refractivity contribution < 1.29 is 4.74 Å². The fraction of sp³-hybridized carbons (Fsp3) is 0.200. The van der Waals surface area contributed by atoms with Gasteiger partial charge in [0.25, 0.3) is 0 Å². The first-order chi connectivity index (χ1) is 5.83. The Kier molecular flexibility index (Phi) is 1.62. The summed E-state index contributed by atoms with van der Waals surface area (Å²) in [4.78, 5) is 0. The highest BCUT2D eigenvalue weighted by molar-refractivity contribution is 5.60. The molecule has 1 aromatic carbocycles. The molecule has 1 aromatic rings. The van der Waals surface area contributed by atoms with Gasteiger partial charge in [0.15, 0.2) is 0 Å². The van der Waals surface area contributed by atoms with Gasteiger partial charge in [-0.1, -0.05) is 30.9 Å². The Morgan fingerprint density at radius 2 is 2.42 bits per heavy atom. The molecule has 0 bridgehead atoms. The van der Waals surface area contributed by atoms with E-state index in [1.165, 1.54) is 0 Å². The van der Waals surface area contributed by atoms with E-state index in [1.54, 1.807) is 6.08 Å². The van der Waals surface area contributed by atoms with E-state index in [1.807, 2.05) is 18.2 Å². The van der Waals surface area contributed by atoms with Gasteiger partial charge in [0.05, 0.1) is 6.04 Å². The van der Waals surface area contributed by atoms with Crippen LogP contribution in [-0.4, -0.2) is 6.61 Å². The van der Waals surface area contributed by atoms with Crippen LogP contribution in [0.25, 0.3) is 6.08 Å². The van der Waals surface area contributed by atoms with Crippen molar-refractivity contribution in [3.05, 3.63) is 35.9 Å². The maximum absolute atomic E-state index is 5.81. The van der Waals surface area contributed by atoms with Gasteiger partial charge in [-0.2, -0.15) is 0 Å². The molecule has 2 nitrogen and oxygen atoms in total. The number of para-hydroxylation sites is 1. The predicted octanol–water partition coefficient (Wildman–Crippen LogP) is 1.72. The zero-order valence-electron chi connectivity index (χ0n) is 6.79.